The van der Waals surface area contributed by atoms with E-state index >= 15 is 0 Å². The molecule has 3 atom stereocenters. The zero-order valence-corrected chi connectivity index (χ0v) is 13.2. The maximum Gasteiger partial charge on any atom is 0.241 e. The first-order valence-electron chi connectivity index (χ1n) is 7.74. The van der Waals surface area contributed by atoms with Gasteiger partial charge < -0.3 is 10.4 Å². The number of amides is 1. The van der Waals surface area contributed by atoms with E-state index in [-0.39, 0.29) is 18.1 Å². The van der Waals surface area contributed by atoms with Crippen LogP contribution in [-0.2, 0) is 4.79 Å². The number of aryl methyl sites for hydroxylation is 1. The van der Waals surface area contributed by atoms with Crippen LogP contribution in [0.15, 0.2) is 24.3 Å². The number of likely N-dealkylation sites (N-methyl/N-ethyl adjacent to an activating group) is 1. The number of aliphatic hydroxyl groups excluding tert-OH is 1. The minimum absolute atomic E-state index is 0.000660. The number of anilines is 1. The molecule has 4 heteroatoms. The minimum atomic E-state index is -0.211. The summed E-state index contributed by atoms with van der Waals surface area (Å²) in [5.41, 5.74) is 1.93. The third-order valence-corrected chi connectivity index (χ3v) is 4.58. The van der Waals surface area contributed by atoms with Crippen LogP contribution in [0.1, 0.15) is 31.7 Å². The van der Waals surface area contributed by atoms with Gasteiger partial charge in [0, 0.05) is 12.2 Å². The summed E-state index contributed by atoms with van der Waals surface area (Å²) >= 11 is 0. The normalized spacial score (nSPS) is 23.3. The highest BCUT2D eigenvalue weighted by Gasteiger charge is 2.28. The molecule has 1 aliphatic rings. The molecule has 1 aromatic rings. The van der Waals surface area contributed by atoms with Gasteiger partial charge in [-0.2, -0.15) is 0 Å². The molecule has 1 aliphatic carbocycles. The van der Waals surface area contributed by atoms with E-state index in [9.17, 15) is 9.90 Å². The monoisotopic (exact) mass is 290 g/mol. The van der Waals surface area contributed by atoms with Crippen LogP contribution in [0.4, 0.5) is 5.69 Å². The molecule has 1 aromatic carbocycles. The predicted molar refractivity (Wildman–Crippen MR) is 85.2 cm³/mol. The molecule has 2 N–H and O–H groups in total. The van der Waals surface area contributed by atoms with Crippen LogP contribution in [0.5, 0.6) is 0 Å². The van der Waals surface area contributed by atoms with Crippen LogP contribution >= 0.6 is 0 Å². The molecule has 0 bridgehead atoms. The first-order chi connectivity index (χ1) is 9.99. The SMILES string of the molecule is Cc1ccccc1NC(=O)C(C)N(C)CC1CCCC1O. The van der Waals surface area contributed by atoms with Gasteiger partial charge in [-0.3, -0.25) is 9.69 Å². The summed E-state index contributed by atoms with van der Waals surface area (Å²) in [5, 5.41) is 12.9. The van der Waals surface area contributed by atoms with Gasteiger partial charge in [-0.05, 0) is 51.3 Å². The van der Waals surface area contributed by atoms with Crippen molar-refractivity contribution < 1.29 is 9.90 Å². The number of nitrogens with one attached hydrogen (secondary N) is 1. The van der Waals surface area contributed by atoms with Crippen LogP contribution in [0.2, 0.25) is 0 Å². The number of hydrogen-bond acceptors (Lipinski definition) is 3. The van der Waals surface area contributed by atoms with Crippen LogP contribution in [0.25, 0.3) is 0 Å². The van der Waals surface area contributed by atoms with Gasteiger partial charge in [-0.1, -0.05) is 24.6 Å². The molecule has 0 aliphatic heterocycles. The van der Waals surface area contributed by atoms with Crippen molar-refractivity contribution in [3.63, 3.8) is 0 Å². The molecule has 0 aromatic heterocycles. The van der Waals surface area contributed by atoms with E-state index in [0.29, 0.717) is 5.92 Å². The summed E-state index contributed by atoms with van der Waals surface area (Å²) in [6.45, 7) is 4.66. The summed E-state index contributed by atoms with van der Waals surface area (Å²) < 4.78 is 0. The highest BCUT2D eigenvalue weighted by atomic mass is 16.3. The lowest BCUT2D eigenvalue weighted by atomic mass is 10.0. The Morgan fingerprint density at radius 3 is 2.76 bits per heavy atom. The van der Waals surface area contributed by atoms with E-state index in [2.05, 4.69) is 5.32 Å². The lowest BCUT2D eigenvalue weighted by Gasteiger charge is -2.28. The van der Waals surface area contributed by atoms with E-state index in [1.165, 1.54) is 0 Å². The molecule has 1 fully saturated rings. The molecule has 0 spiro atoms. The minimum Gasteiger partial charge on any atom is -0.393 e. The molecule has 116 valence electrons. The number of rotatable bonds is 5. The number of benzene rings is 1. The highest BCUT2D eigenvalue weighted by Crippen LogP contribution is 2.26. The standard InChI is InChI=1S/C17H26N2O2/c1-12-7-4-5-9-15(12)18-17(21)13(2)19(3)11-14-8-6-10-16(14)20/h4-5,7,9,13-14,16,20H,6,8,10-11H2,1-3H3,(H,18,21). The topological polar surface area (TPSA) is 52.6 Å². The molecule has 1 amide bonds. The van der Waals surface area contributed by atoms with Crippen LogP contribution < -0.4 is 5.32 Å². The van der Waals surface area contributed by atoms with Crippen molar-refractivity contribution in [3.05, 3.63) is 29.8 Å². The molecule has 0 saturated heterocycles. The lowest BCUT2D eigenvalue weighted by Crippen LogP contribution is -2.43. The molecule has 1 saturated carbocycles. The number of carbonyl (C=O) groups is 1. The maximum atomic E-state index is 12.3. The van der Waals surface area contributed by atoms with Gasteiger partial charge in [0.05, 0.1) is 12.1 Å². The van der Waals surface area contributed by atoms with Gasteiger partial charge in [0.25, 0.3) is 0 Å². The van der Waals surface area contributed by atoms with Crippen LogP contribution in [-0.4, -0.2) is 41.7 Å². The molecule has 21 heavy (non-hydrogen) atoms. The van der Waals surface area contributed by atoms with Gasteiger partial charge in [0.1, 0.15) is 0 Å². The van der Waals surface area contributed by atoms with Crippen LogP contribution in [0.3, 0.4) is 0 Å². The Kier molecular flexibility index (Phi) is 5.37. The number of hydrogen-bond donors (Lipinski definition) is 2. The molecule has 4 nitrogen and oxygen atoms in total. The number of carbonyl (C=O) groups excluding carboxylic acids is 1. The fourth-order valence-corrected chi connectivity index (χ4v) is 2.91. The Bertz CT molecular complexity index is 489. The van der Waals surface area contributed by atoms with Gasteiger partial charge in [0.15, 0.2) is 0 Å². The number of aliphatic hydroxyl groups is 1. The molecule has 0 radical (unpaired) electrons. The number of para-hydroxylation sites is 1. The third kappa shape index (κ3) is 4.05. The van der Waals surface area contributed by atoms with Gasteiger partial charge in [-0.15, -0.1) is 0 Å². The van der Waals surface area contributed by atoms with Crippen molar-refractivity contribution in [2.75, 3.05) is 18.9 Å². The molecule has 0 heterocycles. The van der Waals surface area contributed by atoms with E-state index in [0.717, 1.165) is 37.1 Å². The fourth-order valence-electron chi connectivity index (χ4n) is 2.91. The Balaban J connectivity index is 1.91. The van der Waals surface area contributed by atoms with E-state index in [1.54, 1.807) is 0 Å². The molecule has 3 unspecified atom stereocenters. The summed E-state index contributed by atoms with van der Waals surface area (Å²) in [6, 6.07) is 7.57. The van der Waals surface area contributed by atoms with Crippen molar-refractivity contribution in [3.8, 4) is 0 Å². The largest absolute Gasteiger partial charge is 0.393 e. The zero-order valence-electron chi connectivity index (χ0n) is 13.2. The van der Waals surface area contributed by atoms with Crippen LogP contribution in [0, 0.1) is 12.8 Å². The Morgan fingerprint density at radius 1 is 1.43 bits per heavy atom. The lowest BCUT2D eigenvalue weighted by molar-refractivity contribution is -0.120. The average molecular weight is 290 g/mol. The summed E-state index contributed by atoms with van der Waals surface area (Å²) in [6.07, 6.45) is 2.82. The Hall–Kier alpha value is -1.39. The van der Waals surface area contributed by atoms with E-state index in [4.69, 9.17) is 0 Å². The van der Waals surface area contributed by atoms with Gasteiger partial charge in [0.2, 0.25) is 5.91 Å². The van der Waals surface area contributed by atoms with Crippen molar-refractivity contribution in [2.45, 2.75) is 45.3 Å². The first kappa shape index (κ1) is 16.0. The second-order valence-corrected chi connectivity index (χ2v) is 6.18. The quantitative estimate of drug-likeness (QED) is 0.875. The third-order valence-electron chi connectivity index (χ3n) is 4.58. The average Bonchev–Trinajstić information content (AvgIpc) is 2.86. The Morgan fingerprint density at radius 2 is 2.14 bits per heavy atom. The molecule has 2 rings (SSSR count). The molecular formula is C17H26N2O2. The summed E-state index contributed by atoms with van der Waals surface area (Å²) in [5.74, 6) is 0.294. The van der Waals surface area contributed by atoms with Crippen molar-refractivity contribution >= 4 is 11.6 Å². The second-order valence-electron chi connectivity index (χ2n) is 6.18. The Labute approximate surface area is 127 Å². The maximum absolute atomic E-state index is 12.3. The van der Waals surface area contributed by atoms with E-state index in [1.807, 2.05) is 50.1 Å². The smallest absolute Gasteiger partial charge is 0.241 e. The van der Waals surface area contributed by atoms with Crippen molar-refractivity contribution in [2.24, 2.45) is 5.92 Å². The first-order valence-corrected chi connectivity index (χ1v) is 7.74. The summed E-state index contributed by atoms with van der Waals surface area (Å²) in [7, 11) is 1.95. The highest BCUT2D eigenvalue weighted by molar-refractivity contribution is 5.95. The zero-order chi connectivity index (χ0) is 15.4. The fraction of sp³-hybridized carbons (Fsp3) is 0.588. The van der Waals surface area contributed by atoms with Gasteiger partial charge in [-0.25, -0.2) is 0 Å². The second kappa shape index (κ2) is 7.05. The van der Waals surface area contributed by atoms with Crippen molar-refractivity contribution in [1.29, 1.82) is 0 Å². The number of nitrogens with zero attached hydrogens (tertiary/aromatic N) is 1. The molecular weight excluding hydrogens is 264 g/mol. The summed E-state index contributed by atoms with van der Waals surface area (Å²) in [4.78, 5) is 14.4. The predicted octanol–water partition coefficient (Wildman–Crippen LogP) is 2.41. The van der Waals surface area contributed by atoms with Gasteiger partial charge >= 0.3 is 0 Å². The van der Waals surface area contributed by atoms with E-state index < -0.39 is 0 Å². The van der Waals surface area contributed by atoms with Crippen molar-refractivity contribution in [1.82, 2.24) is 4.90 Å².